The van der Waals surface area contributed by atoms with Crippen molar-refractivity contribution < 1.29 is 21.6 Å². The van der Waals surface area contributed by atoms with Gasteiger partial charge in [0.25, 0.3) is 0 Å². The van der Waals surface area contributed by atoms with Crippen molar-refractivity contribution in [2.45, 2.75) is 23.9 Å². The Kier molecular flexibility index (Phi) is 7.01. The number of thiophene rings is 1. The number of rotatable bonds is 7. The van der Waals surface area contributed by atoms with Crippen LogP contribution in [0.3, 0.4) is 0 Å². The average molecular weight is 498 g/mol. The smallest absolute Gasteiger partial charge is 0.243 e. The zero-order chi connectivity index (χ0) is 22.8. The van der Waals surface area contributed by atoms with Crippen molar-refractivity contribution in [3.05, 3.63) is 52.7 Å². The number of sulfonamides is 1. The summed E-state index contributed by atoms with van der Waals surface area (Å²) in [5.74, 6) is 0.00892. The quantitative estimate of drug-likeness (QED) is 0.572. The molecule has 3 heterocycles. The van der Waals surface area contributed by atoms with Gasteiger partial charge < -0.3 is 4.90 Å². The van der Waals surface area contributed by atoms with E-state index in [0.29, 0.717) is 39.1 Å². The van der Waals surface area contributed by atoms with Gasteiger partial charge in [-0.2, -0.15) is 4.31 Å². The second-order valence-electron chi connectivity index (χ2n) is 8.15. The number of nitrogens with zero attached hydrogens (tertiary/aromatic N) is 3. The second-order valence-corrected chi connectivity index (χ2v) is 13.4. The van der Waals surface area contributed by atoms with Gasteiger partial charge in [-0.25, -0.2) is 16.8 Å². The minimum Gasteiger partial charge on any atom is -0.332 e. The van der Waals surface area contributed by atoms with Crippen molar-refractivity contribution in [3.63, 3.8) is 0 Å². The van der Waals surface area contributed by atoms with Gasteiger partial charge in [0.05, 0.1) is 29.5 Å². The first-order chi connectivity index (χ1) is 15.2. The lowest BCUT2D eigenvalue weighted by Gasteiger charge is -2.35. The number of carbonyl (C=O) groups excluding carboxylic acids is 1. The summed E-state index contributed by atoms with van der Waals surface area (Å²) in [4.78, 5) is 18.1. The maximum Gasteiger partial charge on any atom is 0.243 e. The fourth-order valence-corrected chi connectivity index (χ4v) is 8.04. The molecule has 1 aromatic carbocycles. The highest BCUT2D eigenvalue weighted by Crippen LogP contribution is 2.23. The third kappa shape index (κ3) is 5.40. The maximum absolute atomic E-state index is 13.2. The van der Waals surface area contributed by atoms with E-state index >= 15 is 0 Å². The highest BCUT2D eigenvalue weighted by Gasteiger charge is 2.36. The molecule has 0 radical (unpaired) electrons. The lowest BCUT2D eigenvalue weighted by molar-refractivity contribution is -0.135. The number of benzene rings is 1. The monoisotopic (exact) mass is 497 g/mol. The molecule has 1 unspecified atom stereocenters. The predicted molar refractivity (Wildman–Crippen MR) is 124 cm³/mol. The topological polar surface area (TPSA) is 95.1 Å². The summed E-state index contributed by atoms with van der Waals surface area (Å²) in [6.07, 6.45) is 0.461. The Morgan fingerprint density at radius 3 is 2.38 bits per heavy atom. The molecule has 1 aromatic heterocycles. The van der Waals surface area contributed by atoms with Crippen LogP contribution in [0.1, 0.15) is 11.3 Å². The molecule has 2 aliphatic heterocycles. The first-order valence-corrected chi connectivity index (χ1v) is 14.7. The first kappa shape index (κ1) is 23.4. The summed E-state index contributed by atoms with van der Waals surface area (Å²) in [6.45, 7) is 2.09. The molecule has 1 atom stereocenters. The summed E-state index contributed by atoms with van der Waals surface area (Å²) >= 11 is 1.54. The molecule has 174 valence electrons. The Balaban J connectivity index is 1.39. The van der Waals surface area contributed by atoms with Crippen LogP contribution in [0, 0.1) is 0 Å². The molecule has 0 N–H and O–H groups in total. The van der Waals surface area contributed by atoms with E-state index in [-0.39, 0.29) is 34.9 Å². The molecule has 0 spiro atoms. The van der Waals surface area contributed by atoms with Crippen LogP contribution in [0.2, 0.25) is 0 Å². The molecule has 4 rings (SSSR count). The van der Waals surface area contributed by atoms with Crippen molar-refractivity contribution in [2.75, 3.05) is 44.2 Å². The predicted octanol–water partition coefficient (Wildman–Crippen LogP) is 1.27. The average Bonchev–Trinajstić information content (AvgIpc) is 3.42. The summed E-state index contributed by atoms with van der Waals surface area (Å²) < 4.78 is 51.1. The molecule has 2 aliphatic rings. The van der Waals surface area contributed by atoms with Crippen LogP contribution in [0.15, 0.2) is 52.7 Å². The van der Waals surface area contributed by atoms with Crippen LogP contribution in [-0.2, 0) is 31.2 Å². The molecule has 8 nitrogen and oxygen atoms in total. The lowest BCUT2D eigenvalue weighted by Crippen LogP contribution is -2.52. The number of piperazine rings is 1. The van der Waals surface area contributed by atoms with Crippen LogP contribution in [0.5, 0.6) is 0 Å². The molecule has 2 saturated heterocycles. The minimum atomic E-state index is -3.54. The third-order valence-electron chi connectivity index (χ3n) is 5.95. The van der Waals surface area contributed by atoms with E-state index < -0.39 is 19.9 Å². The van der Waals surface area contributed by atoms with E-state index in [1.54, 1.807) is 46.6 Å². The van der Waals surface area contributed by atoms with Crippen molar-refractivity contribution in [3.8, 4) is 0 Å². The number of carbonyl (C=O) groups is 1. The maximum atomic E-state index is 13.2. The fourth-order valence-electron chi connectivity index (χ4n) is 4.16. The van der Waals surface area contributed by atoms with Gasteiger partial charge in [0.15, 0.2) is 9.84 Å². The van der Waals surface area contributed by atoms with E-state index in [9.17, 15) is 21.6 Å². The number of amides is 1. The third-order valence-corrected chi connectivity index (χ3v) is 10.5. The van der Waals surface area contributed by atoms with E-state index in [4.69, 9.17) is 0 Å². The SMILES string of the molecule is O=C(CN1CCN(S(=O)(=O)c2ccccc2)CC1)N(Cc1cccs1)C1CCS(=O)(=O)C1. The van der Waals surface area contributed by atoms with Crippen LogP contribution in [-0.4, -0.2) is 87.1 Å². The minimum absolute atomic E-state index is 0.00716. The Hall–Kier alpha value is -1.79. The molecular weight excluding hydrogens is 470 g/mol. The molecular formula is C21H27N3O5S3. The number of hydrogen-bond acceptors (Lipinski definition) is 7. The van der Waals surface area contributed by atoms with Gasteiger partial charge >= 0.3 is 0 Å². The Bertz CT molecular complexity index is 1130. The molecule has 0 bridgehead atoms. The van der Waals surface area contributed by atoms with Crippen LogP contribution in [0.4, 0.5) is 0 Å². The normalized spacial score (nSPS) is 22.1. The molecule has 2 fully saturated rings. The van der Waals surface area contributed by atoms with Gasteiger partial charge in [-0.1, -0.05) is 24.3 Å². The van der Waals surface area contributed by atoms with Crippen LogP contribution in [0.25, 0.3) is 0 Å². The Labute approximate surface area is 193 Å². The number of hydrogen-bond donors (Lipinski definition) is 0. The molecule has 11 heteroatoms. The summed E-state index contributed by atoms with van der Waals surface area (Å²) in [6, 6.07) is 11.9. The Morgan fingerprint density at radius 1 is 1.06 bits per heavy atom. The van der Waals surface area contributed by atoms with Gasteiger partial charge in [-0.3, -0.25) is 9.69 Å². The van der Waals surface area contributed by atoms with Gasteiger partial charge in [0, 0.05) is 37.1 Å². The first-order valence-electron chi connectivity index (χ1n) is 10.5. The van der Waals surface area contributed by atoms with Crippen molar-refractivity contribution in [1.82, 2.24) is 14.1 Å². The van der Waals surface area contributed by atoms with Crippen molar-refractivity contribution in [1.29, 1.82) is 0 Å². The highest BCUT2D eigenvalue weighted by atomic mass is 32.2. The van der Waals surface area contributed by atoms with E-state index in [0.717, 1.165) is 4.88 Å². The van der Waals surface area contributed by atoms with E-state index in [1.165, 1.54) is 4.31 Å². The number of sulfone groups is 1. The molecule has 32 heavy (non-hydrogen) atoms. The molecule has 1 amide bonds. The summed E-state index contributed by atoms with van der Waals surface area (Å²) in [7, 11) is -6.66. The van der Waals surface area contributed by atoms with E-state index in [1.807, 2.05) is 22.4 Å². The van der Waals surface area contributed by atoms with Crippen molar-refractivity contribution >= 4 is 37.1 Å². The summed E-state index contributed by atoms with van der Waals surface area (Å²) in [5, 5.41) is 1.94. The van der Waals surface area contributed by atoms with Gasteiger partial charge in [-0.05, 0) is 30.0 Å². The van der Waals surface area contributed by atoms with E-state index in [2.05, 4.69) is 0 Å². The Morgan fingerprint density at radius 2 is 1.78 bits per heavy atom. The second kappa shape index (κ2) is 9.60. The van der Waals surface area contributed by atoms with Crippen molar-refractivity contribution in [2.24, 2.45) is 0 Å². The van der Waals surface area contributed by atoms with Crippen LogP contribution >= 0.6 is 11.3 Å². The highest BCUT2D eigenvalue weighted by molar-refractivity contribution is 7.91. The molecule has 2 aromatic rings. The summed E-state index contributed by atoms with van der Waals surface area (Å²) in [5.41, 5.74) is 0. The lowest BCUT2D eigenvalue weighted by atomic mass is 10.2. The fraction of sp³-hybridized carbons (Fsp3) is 0.476. The standard InChI is InChI=1S/C21H27N3O5S3/c25-21(24(15-19-5-4-13-30-19)18-8-14-31(26,27)17-18)16-22-9-11-23(12-10-22)32(28,29)20-6-2-1-3-7-20/h1-7,13,18H,8-12,14-17H2. The van der Waals surface area contributed by atoms with Gasteiger partial charge in [0.1, 0.15) is 0 Å². The zero-order valence-corrected chi connectivity index (χ0v) is 20.1. The zero-order valence-electron chi connectivity index (χ0n) is 17.7. The van der Waals surface area contributed by atoms with Gasteiger partial charge in [0.2, 0.25) is 15.9 Å². The largest absolute Gasteiger partial charge is 0.332 e. The van der Waals surface area contributed by atoms with Crippen LogP contribution < -0.4 is 0 Å². The van der Waals surface area contributed by atoms with Gasteiger partial charge in [-0.15, -0.1) is 11.3 Å². The molecule has 0 aliphatic carbocycles. The molecule has 0 saturated carbocycles.